The molecule has 2 heterocycles. The summed E-state index contributed by atoms with van der Waals surface area (Å²) in [5.74, 6) is -0.554. The molecule has 0 bridgehead atoms. The van der Waals surface area contributed by atoms with Crippen LogP contribution in [0.4, 0.5) is 4.79 Å². The number of fused-ring (bicyclic) bond motifs is 3. The number of benzene rings is 2. The van der Waals surface area contributed by atoms with Crippen LogP contribution in [-0.2, 0) is 14.3 Å². The van der Waals surface area contributed by atoms with Crippen molar-refractivity contribution in [1.29, 1.82) is 0 Å². The van der Waals surface area contributed by atoms with Gasteiger partial charge in [0.25, 0.3) is 0 Å². The normalized spacial score (nSPS) is 25.7. The summed E-state index contributed by atoms with van der Waals surface area (Å²) in [5, 5.41) is 13.5. The smallest absolute Gasteiger partial charge is 0.407 e. The Morgan fingerprint density at radius 3 is 2.27 bits per heavy atom. The van der Waals surface area contributed by atoms with E-state index in [2.05, 4.69) is 5.32 Å². The van der Waals surface area contributed by atoms with E-state index in [4.69, 9.17) is 28.4 Å². The van der Waals surface area contributed by atoms with Gasteiger partial charge >= 0.3 is 12.1 Å². The number of rotatable bonds is 5. The summed E-state index contributed by atoms with van der Waals surface area (Å²) in [4.78, 5) is 26.1. The van der Waals surface area contributed by atoms with E-state index in [0.717, 1.165) is 36.8 Å². The maximum Gasteiger partial charge on any atom is 0.407 e. The van der Waals surface area contributed by atoms with Crippen molar-refractivity contribution in [1.82, 2.24) is 5.32 Å². The summed E-state index contributed by atoms with van der Waals surface area (Å²) in [6.45, 7) is 0.188. The minimum atomic E-state index is -0.723. The number of amides is 1. The fourth-order valence-electron chi connectivity index (χ4n) is 6.14. The third-order valence-electron chi connectivity index (χ3n) is 7.89. The molecule has 2 N–H and O–H groups in total. The minimum absolute atomic E-state index is 0.0757. The predicted molar refractivity (Wildman–Crippen MR) is 128 cm³/mol. The number of hydrogen-bond acceptors (Lipinski definition) is 9. The molecule has 1 saturated heterocycles. The van der Waals surface area contributed by atoms with Gasteiger partial charge in [0, 0.05) is 23.4 Å². The maximum atomic E-state index is 13.2. The number of phenols is 1. The molecule has 1 amide bonds. The number of carbonyl (C=O) groups is 2. The second-order valence-corrected chi connectivity index (χ2v) is 9.86. The molecular formula is C27H29NO9. The first-order valence-electron chi connectivity index (χ1n) is 12.5. The van der Waals surface area contributed by atoms with E-state index >= 15 is 0 Å². The number of esters is 1. The first-order chi connectivity index (χ1) is 18.0. The number of nitrogens with one attached hydrogen (secondary N) is 1. The van der Waals surface area contributed by atoms with Crippen molar-refractivity contribution in [3.8, 4) is 28.7 Å². The second-order valence-electron chi connectivity index (χ2n) is 9.86. The summed E-state index contributed by atoms with van der Waals surface area (Å²) >= 11 is 0. The number of hydrogen-bond donors (Lipinski definition) is 2. The molecule has 2 fully saturated rings. The summed E-state index contributed by atoms with van der Waals surface area (Å²) in [6, 6.07) is 7.13. The molecule has 4 aliphatic rings. The highest BCUT2D eigenvalue weighted by Gasteiger charge is 2.54. The van der Waals surface area contributed by atoms with Crippen molar-refractivity contribution in [2.24, 2.45) is 11.8 Å². The molecule has 0 unspecified atom stereocenters. The van der Waals surface area contributed by atoms with Gasteiger partial charge in [-0.25, -0.2) is 4.79 Å². The Hall–Kier alpha value is -3.82. The molecule has 0 radical (unpaired) electrons. The van der Waals surface area contributed by atoms with Gasteiger partial charge in [-0.3, -0.25) is 4.79 Å². The third kappa shape index (κ3) is 3.95. The highest BCUT2D eigenvalue weighted by molar-refractivity contribution is 5.79. The van der Waals surface area contributed by atoms with Crippen LogP contribution in [0.3, 0.4) is 0 Å². The number of alkyl carbamates (subject to hydrolysis) is 1. The quantitative estimate of drug-likeness (QED) is 0.578. The van der Waals surface area contributed by atoms with Gasteiger partial charge in [0.1, 0.15) is 6.10 Å². The first kappa shape index (κ1) is 23.6. The van der Waals surface area contributed by atoms with E-state index in [0.29, 0.717) is 17.1 Å². The van der Waals surface area contributed by atoms with Crippen molar-refractivity contribution in [3.05, 3.63) is 41.0 Å². The zero-order valence-corrected chi connectivity index (χ0v) is 20.7. The van der Waals surface area contributed by atoms with Crippen LogP contribution in [0.15, 0.2) is 24.3 Å². The van der Waals surface area contributed by atoms with E-state index in [-0.39, 0.29) is 42.7 Å². The lowest BCUT2D eigenvalue weighted by atomic mass is 9.66. The summed E-state index contributed by atoms with van der Waals surface area (Å²) < 4.78 is 33.6. The van der Waals surface area contributed by atoms with Crippen LogP contribution < -0.4 is 24.3 Å². The van der Waals surface area contributed by atoms with Crippen molar-refractivity contribution in [3.63, 3.8) is 0 Å². The molecule has 2 aromatic carbocycles. The van der Waals surface area contributed by atoms with Gasteiger partial charge in [-0.1, -0.05) is 12.8 Å². The number of methoxy groups -OCH3 is 2. The average Bonchev–Trinajstić information content (AvgIpc) is 3.65. The van der Waals surface area contributed by atoms with Crippen molar-refractivity contribution in [2.45, 2.75) is 43.7 Å². The minimum Gasteiger partial charge on any atom is -0.502 e. The van der Waals surface area contributed by atoms with Crippen LogP contribution in [0.1, 0.15) is 54.4 Å². The van der Waals surface area contributed by atoms with Crippen LogP contribution in [0, 0.1) is 11.8 Å². The zero-order chi connectivity index (χ0) is 25.7. The highest BCUT2D eigenvalue weighted by atomic mass is 16.7. The van der Waals surface area contributed by atoms with Gasteiger partial charge in [0.15, 0.2) is 23.0 Å². The number of aromatic hydroxyl groups is 1. The maximum absolute atomic E-state index is 13.2. The van der Waals surface area contributed by atoms with Crippen LogP contribution in [-0.4, -0.2) is 50.8 Å². The second kappa shape index (κ2) is 9.24. The van der Waals surface area contributed by atoms with Crippen LogP contribution >= 0.6 is 0 Å². The Kier molecular flexibility index (Phi) is 5.89. The predicted octanol–water partition coefficient (Wildman–Crippen LogP) is 3.78. The van der Waals surface area contributed by atoms with Crippen molar-refractivity contribution < 1.29 is 43.1 Å². The average molecular weight is 512 g/mol. The molecule has 0 spiro atoms. The van der Waals surface area contributed by atoms with Crippen LogP contribution in [0.2, 0.25) is 0 Å². The van der Waals surface area contributed by atoms with E-state index < -0.39 is 30.0 Å². The van der Waals surface area contributed by atoms with Gasteiger partial charge in [-0.05, 0) is 48.2 Å². The summed E-state index contributed by atoms with van der Waals surface area (Å²) in [5.41, 5.74) is 2.16. The van der Waals surface area contributed by atoms with Gasteiger partial charge < -0.3 is 38.8 Å². The summed E-state index contributed by atoms with van der Waals surface area (Å²) in [6.07, 6.45) is 2.78. The fourth-order valence-corrected chi connectivity index (χ4v) is 6.14. The van der Waals surface area contributed by atoms with Crippen molar-refractivity contribution >= 4 is 12.1 Å². The van der Waals surface area contributed by atoms with Crippen LogP contribution in [0.5, 0.6) is 28.7 Å². The van der Waals surface area contributed by atoms with Crippen LogP contribution in [0.25, 0.3) is 0 Å². The van der Waals surface area contributed by atoms with Gasteiger partial charge in [0.2, 0.25) is 12.5 Å². The molecule has 2 aliphatic heterocycles. The largest absolute Gasteiger partial charge is 0.502 e. The fraction of sp³-hybridized carbons (Fsp3) is 0.481. The lowest BCUT2D eigenvalue weighted by molar-refractivity contribution is -0.141. The Labute approximate surface area is 213 Å². The Morgan fingerprint density at radius 1 is 0.973 bits per heavy atom. The molecular weight excluding hydrogens is 482 g/mol. The molecule has 2 aliphatic carbocycles. The van der Waals surface area contributed by atoms with Crippen molar-refractivity contribution in [2.75, 3.05) is 27.6 Å². The van der Waals surface area contributed by atoms with Gasteiger partial charge in [-0.2, -0.15) is 0 Å². The van der Waals surface area contributed by atoms with E-state index in [1.54, 1.807) is 12.1 Å². The Balaban J connectivity index is 1.46. The molecule has 1 saturated carbocycles. The molecule has 10 nitrogen and oxygen atoms in total. The molecule has 2 aromatic rings. The van der Waals surface area contributed by atoms with E-state index in [1.165, 1.54) is 14.2 Å². The number of cyclic esters (lactones) is 1. The number of phenolic OH excluding ortho intramolecular Hbond substituents is 1. The van der Waals surface area contributed by atoms with E-state index in [9.17, 15) is 14.7 Å². The standard InChI is InChI=1S/C27H29NO9/c1-32-20-7-13(8-21(33-2)24(20)29)22-15-9-18-19(36-12-35-18)10-16(15)25(17-11-34-26(30)23(17)22)37-27(31)28-14-5-3-4-6-14/h7-10,14,17,22-23,25,29H,3-6,11-12H2,1-2H3,(H,28,31)/t17-,22+,23-,25+/m0/s1. The molecule has 10 heteroatoms. The highest BCUT2D eigenvalue weighted by Crippen LogP contribution is 2.56. The summed E-state index contributed by atoms with van der Waals surface area (Å²) in [7, 11) is 2.90. The Morgan fingerprint density at radius 2 is 1.62 bits per heavy atom. The zero-order valence-electron chi connectivity index (χ0n) is 20.7. The van der Waals surface area contributed by atoms with E-state index in [1.807, 2.05) is 12.1 Å². The van der Waals surface area contributed by atoms with Gasteiger partial charge in [0.05, 0.1) is 26.7 Å². The van der Waals surface area contributed by atoms with Gasteiger partial charge in [-0.15, -0.1) is 0 Å². The number of carbonyl (C=O) groups excluding carboxylic acids is 2. The lowest BCUT2D eigenvalue weighted by Crippen LogP contribution is -2.40. The third-order valence-corrected chi connectivity index (χ3v) is 7.89. The monoisotopic (exact) mass is 511 g/mol. The topological polar surface area (TPSA) is 122 Å². The molecule has 37 heavy (non-hydrogen) atoms. The molecule has 4 atom stereocenters. The Bertz CT molecular complexity index is 1210. The SMILES string of the molecule is COc1cc([C@@H]2c3cc4c(cc3[C@@H](OC(=O)NC3CCCC3)[C@H]3COC(=O)[C@H]23)OCO4)cc(OC)c1O. The molecule has 0 aromatic heterocycles. The number of ether oxygens (including phenoxy) is 6. The lowest BCUT2D eigenvalue weighted by Gasteiger charge is -2.38. The first-order valence-corrected chi connectivity index (χ1v) is 12.5. The molecule has 6 rings (SSSR count). The molecule has 196 valence electrons.